The molecule has 1 aromatic carbocycles. The van der Waals surface area contributed by atoms with Gasteiger partial charge >= 0.3 is 0 Å². The second-order valence-electron chi connectivity index (χ2n) is 5.80. The van der Waals surface area contributed by atoms with Gasteiger partial charge in [-0.2, -0.15) is 5.26 Å². The second-order valence-corrected chi connectivity index (χ2v) is 5.80. The minimum atomic E-state index is -2.03. The number of benzene rings is 1. The Bertz CT molecular complexity index is 739. The minimum Gasteiger partial charge on any atom is -0.383 e. The van der Waals surface area contributed by atoms with Gasteiger partial charge in [-0.1, -0.05) is 0 Å². The van der Waals surface area contributed by atoms with Crippen molar-refractivity contribution in [2.45, 2.75) is 38.4 Å². The molecule has 1 saturated heterocycles. The van der Waals surface area contributed by atoms with E-state index in [0.29, 0.717) is 6.42 Å². The molecular weight excluding hydrogens is 302 g/mol. The fraction of sp³-hybridized carbons (Fsp3) is 0.429. The molecule has 0 aromatic heterocycles. The van der Waals surface area contributed by atoms with E-state index in [4.69, 9.17) is 10.1 Å². The molecule has 3 rings (SSSR count). The van der Waals surface area contributed by atoms with Crippen LogP contribution < -0.4 is 0 Å². The molecule has 8 heteroatoms. The van der Waals surface area contributed by atoms with E-state index in [9.17, 15) is 17.6 Å². The van der Waals surface area contributed by atoms with Gasteiger partial charge in [-0.3, -0.25) is 0 Å². The molecule has 116 valence electrons. The van der Waals surface area contributed by atoms with Crippen LogP contribution in [0.5, 0.6) is 0 Å². The number of hydroxylamine groups is 2. The summed E-state index contributed by atoms with van der Waals surface area (Å²) in [5.74, 6) is -7.88. The van der Waals surface area contributed by atoms with Crippen molar-refractivity contribution < 1.29 is 22.4 Å². The lowest BCUT2D eigenvalue weighted by Gasteiger charge is -2.28. The first-order chi connectivity index (χ1) is 10.3. The molecule has 1 atom stereocenters. The van der Waals surface area contributed by atoms with E-state index in [1.807, 2.05) is 13.8 Å². The largest absolute Gasteiger partial charge is 0.383 e. The number of nitriles is 1. The van der Waals surface area contributed by atoms with Crippen LogP contribution in [0.1, 0.15) is 37.8 Å². The number of fused-ring (bicyclic) bond motifs is 1. The van der Waals surface area contributed by atoms with E-state index in [1.54, 1.807) is 0 Å². The molecule has 0 amide bonds. The van der Waals surface area contributed by atoms with Gasteiger partial charge in [0.1, 0.15) is 17.8 Å². The summed E-state index contributed by atoms with van der Waals surface area (Å²) in [6, 6.07) is 1.34. The fourth-order valence-corrected chi connectivity index (χ4v) is 2.71. The molecule has 0 bridgehead atoms. The van der Waals surface area contributed by atoms with Crippen LogP contribution in [0.15, 0.2) is 4.99 Å². The van der Waals surface area contributed by atoms with Crippen LogP contribution in [0.4, 0.5) is 17.6 Å². The van der Waals surface area contributed by atoms with Gasteiger partial charge < -0.3 is 4.84 Å². The predicted octanol–water partition coefficient (Wildman–Crippen LogP) is 3.01. The van der Waals surface area contributed by atoms with Crippen LogP contribution in [0.25, 0.3) is 0 Å². The third kappa shape index (κ3) is 1.89. The number of nitrogens with zero attached hydrogens (tertiary/aromatic N) is 3. The van der Waals surface area contributed by atoms with E-state index < -0.39 is 52.0 Å². The lowest BCUT2D eigenvalue weighted by Crippen LogP contribution is -2.39. The Morgan fingerprint density at radius 2 is 1.82 bits per heavy atom. The maximum atomic E-state index is 14.0. The molecule has 1 aromatic rings. The van der Waals surface area contributed by atoms with E-state index in [-0.39, 0.29) is 0 Å². The van der Waals surface area contributed by atoms with E-state index in [2.05, 4.69) is 4.99 Å². The predicted molar refractivity (Wildman–Crippen MR) is 67.6 cm³/mol. The van der Waals surface area contributed by atoms with Gasteiger partial charge in [0.15, 0.2) is 23.3 Å². The summed E-state index contributed by atoms with van der Waals surface area (Å²) < 4.78 is 54.3. The van der Waals surface area contributed by atoms with Crippen LogP contribution in [0.2, 0.25) is 0 Å². The Morgan fingerprint density at radius 1 is 1.18 bits per heavy atom. The average Bonchev–Trinajstić information content (AvgIpc) is 3.01. The van der Waals surface area contributed by atoms with E-state index in [0.717, 1.165) is 6.42 Å². The molecule has 0 saturated carbocycles. The maximum absolute atomic E-state index is 14.0. The number of hydrogen-bond acceptors (Lipinski definition) is 4. The highest BCUT2D eigenvalue weighted by Crippen LogP contribution is 2.39. The smallest absolute Gasteiger partial charge is 0.247 e. The van der Waals surface area contributed by atoms with Crippen molar-refractivity contribution in [3.05, 3.63) is 34.4 Å². The zero-order chi connectivity index (χ0) is 16.2. The highest BCUT2D eigenvalue weighted by Gasteiger charge is 2.47. The van der Waals surface area contributed by atoms with Crippen LogP contribution in [-0.4, -0.2) is 22.7 Å². The molecule has 22 heavy (non-hydrogen) atoms. The van der Waals surface area contributed by atoms with E-state index in [1.165, 1.54) is 11.1 Å². The number of hydrogen-bond donors (Lipinski definition) is 0. The molecular formula is C14H11F4N3O. The molecule has 2 heterocycles. The Balaban J connectivity index is 2.14. The summed E-state index contributed by atoms with van der Waals surface area (Å²) in [6.07, 6.45) is 0.965. The molecule has 2 aliphatic heterocycles. The standard InChI is InChI=1S/C14H11F4N3O/c1-14(2)4-3-7-20-13(22-21(7)14)8-6(5-19)9(15)11(17)12(18)10(8)16/h7H,3-4H2,1-2H3. The van der Waals surface area contributed by atoms with Crippen molar-refractivity contribution in [3.8, 4) is 6.07 Å². The molecule has 1 unspecified atom stereocenters. The second kappa shape index (κ2) is 4.68. The minimum absolute atomic E-state index is 0.393. The summed E-state index contributed by atoms with van der Waals surface area (Å²) in [7, 11) is 0. The highest BCUT2D eigenvalue weighted by molar-refractivity contribution is 5.97. The fourth-order valence-electron chi connectivity index (χ4n) is 2.71. The van der Waals surface area contributed by atoms with Gasteiger partial charge in [0, 0.05) is 0 Å². The third-order valence-corrected chi connectivity index (χ3v) is 3.93. The zero-order valence-electron chi connectivity index (χ0n) is 11.8. The van der Waals surface area contributed by atoms with Gasteiger partial charge in [0.25, 0.3) is 0 Å². The topological polar surface area (TPSA) is 48.6 Å². The highest BCUT2D eigenvalue weighted by atomic mass is 19.2. The molecule has 0 radical (unpaired) electrons. The lowest BCUT2D eigenvalue weighted by atomic mass is 10.0. The average molecular weight is 313 g/mol. The van der Waals surface area contributed by atoms with Crippen molar-refractivity contribution in [2.75, 3.05) is 0 Å². The van der Waals surface area contributed by atoms with Gasteiger partial charge in [-0.05, 0) is 26.7 Å². The van der Waals surface area contributed by atoms with E-state index >= 15 is 0 Å². The van der Waals surface area contributed by atoms with Crippen molar-refractivity contribution >= 4 is 5.90 Å². The monoisotopic (exact) mass is 313 g/mol. The number of aliphatic imine (C=N–C) groups is 1. The van der Waals surface area contributed by atoms with Crippen LogP contribution in [-0.2, 0) is 4.84 Å². The molecule has 1 fully saturated rings. The lowest BCUT2D eigenvalue weighted by molar-refractivity contribution is -0.125. The summed E-state index contributed by atoms with van der Waals surface area (Å²) in [5.41, 5.74) is -2.14. The molecule has 0 N–H and O–H groups in total. The van der Waals surface area contributed by atoms with Gasteiger partial charge in [-0.25, -0.2) is 22.6 Å². The normalized spacial score (nSPS) is 23.0. The Kier molecular flexibility index (Phi) is 3.14. The number of rotatable bonds is 1. The van der Waals surface area contributed by atoms with Crippen molar-refractivity contribution in [2.24, 2.45) is 4.99 Å². The summed E-state index contributed by atoms with van der Waals surface area (Å²) >= 11 is 0. The van der Waals surface area contributed by atoms with Crippen molar-refractivity contribution in [1.82, 2.24) is 5.06 Å². The summed E-state index contributed by atoms with van der Waals surface area (Å²) in [4.78, 5) is 9.47. The third-order valence-electron chi connectivity index (χ3n) is 3.93. The Morgan fingerprint density at radius 3 is 2.41 bits per heavy atom. The van der Waals surface area contributed by atoms with Crippen LogP contribution in [0, 0.1) is 34.6 Å². The Hall–Kier alpha value is -2.14. The maximum Gasteiger partial charge on any atom is 0.247 e. The molecule has 0 spiro atoms. The summed E-state index contributed by atoms with van der Waals surface area (Å²) in [6.45, 7) is 3.75. The molecule has 4 nitrogen and oxygen atoms in total. The van der Waals surface area contributed by atoms with Gasteiger partial charge in [-0.15, -0.1) is 5.06 Å². The van der Waals surface area contributed by atoms with Crippen LogP contribution in [0.3, 0.4) is 0 Å². The Labute approximate surface area is 123 Å². The van der Waals surface area contributed by atoms with Gasteiger partial charge in [0.2, 0.25) is 5.90 Å². The molecule has 2 aliphatic rings. The molecule has 0 aliphatic carbocycles. The first-order valence-electron chi connectivity index (χ1n) is 6.59. The van der Waals surface area contributed by atoms with Gasteiger partial charge in [0.05, 0.1) is 11.1 Å². The quantitative estimate of drug-likeness (QED) is 0.455. The van der Waals surface area contributed by atoms with Crippen LogP contribution >= 0.6 is 0 Å². The summed E-state index contributed by atoms with van der Waals surface area (Å²) in [5, 5.41) is 10.4. The van der Waals surface area contributed by atoms with Crippen molar-refractivity contribution in [1.29, 1.82) is 5.26 Å². The number of halogens is 4. The first-order valence-corrected chi connectivity index (χ1v) is 6.59. The SMILES string of the molecule is CC1(C)CCC2N=C(c3c(F)c(F)c(F)c(F)c3C#N)ON21. The first kappa shape index (κ1) is 14.8. The van der Waals surface area contributed by atoms with Crippen molar-refractivity contribution in [3.63, 3.8) is 0 Å². The zero-order valence-corrected chi connectivity index (χ0v) is 11.8.